The minimum Gasteiger partial charge on any atom is -0.490 e. The van der Waals surface area contributed by atoms with Crippen LogP contribution < -0.4 is 10.3 Å². The summed E-state index contributed by atoms with van der Waals surface area (Å²) in [5, 5.41) is 11.1. The molecule has 3 aliphatic rings. The summed E-state index contributed by atoms with van der Waals surface area (Å²) in [5.41, 5.74) is 0.165. The van der Waals surface area contributed by atoms with Crippen molar-refractivity contribution in [2.45, 2.75) is 68.9 Å². The first-order valence-electron chi connectivity index (χ1n) is 11.8. The maximum absolute atomic E-state index is 13.2. The second kappa shape index (κ2) is 7.91. The predicted molar refractivity (Wildman–Crippen MR) is 127 cm³/mol. The van der Waals surface area contributed by atoms with Gasteiger partial charge >= 0.3 is 0 Å². The van der Waals surface area contributed by atoms with Crippen LogP contribution in [0.15, 0.2) is 41.5 Å². The number of hydrogen-bond donors (Lipinski definition) is 1. The first kappa shape index (κ1) is 21.3. The molecule has 3 aromatic rings. The fraction of sp³-hybridized carbons (Fsp3) is 0.520. The Morgan fingerprint density at radius 3 is 2.61 bits per heavy atom. The summed E-state index contributed by atoms with van der Waals surface area (Å²) < 4.78 is 14.0. The molecule has 0 radical (unpaired) electrons. The first-order chi connectivity index (χ1) is 15.9. The van der Waals surface area contributed by atoms with Gasteiger partial charge in [0.05, 0.1) is 23.9 Å². The maximum Gasteiger partial charge on any atom is 0.275 e. The third kappa shape index (κ3) is 3.51. The van der Waals surface area contributed by atoms with Gasteiger partial charge in [-0.15, -0.1) is 11.3 Å². The van der Waals surface area contributed by atoms with Gasteiger partial charge in [-0.05, 0) is 70.0 Å². The zero-order valence-corrected chi connectivity index (χ0v) is 19.8. The van der Waals surface area contributed by atoms with Gasteiger partial charge in [-0.2, -0.15) is 0 Å². The summed E-state index contributed by atoms with van der Waals surface area (Å²) in [6, 6.07) is 10.8. The maximum atomic E-state index is 13.2. The van der Waals surface area contributed by atoms with Crippen molar-refractivity contribution >= 4 is 21.6 Å². The summed E-state index contributed by atoms with van der Waals surface area (Å²) >= 11 is 1.31. The third-order valence-electron chi connectivity index (χ3n) is 7.86. The number of nitrogens with zero attached hydrogens (tertiary/aromatic N) is 3. The van der Waals surface area contributed by atoms with Gasteiger partial charge in [0.25, 0.3) is 5.56 Å². The van der Waals surface area contributed by atoms with Crippen LogP contribution in [0.5, 0.6) is 5.75 Å². The van der Waals surface area contributed by atoms with Crippen LogP contribution >= 0.6 is 11.3 Å². The number of fused-ring (bicyclic) bond motifs is 3. The van der Waals surface area contributed by atoms with Crippen LogP contribution in [0.2, 0.25) is 0 Å². The lowest BCUT2D eigenvalue weighted by atomic mass is 9.95. The number of hydrogen-bond acceptors (Lipinski definition) is 7. The van der Waals surface area contributed by atoms with Crippen molar-refractivity contribution in [1.29, 1.82) is 0 Å². The molecule has 6 rings (SSSR count). The summed E-state index contributed by atoms with van der Waals surface area (Å²) in [7, 11) is 2.23. The van der Waals surface area contributed by atoms with Gasteiger partial charge in [-0.1, -0.05) is 0 Å². The van der Waals surface area contributed by atoms with E-state index in [4.69, 9.17) is 9.47 Å². The molecule has 7 nitrogen and oxygen atoms in total. The summed E-state index contributed by atoms with van der Waals surface area (Å²) in [5.74, 6) is 0.839. The smallest absolute Gasteiger partial charge is 0.275 e. The first-order valence-corrected chi connectivity index (χ1v) is 12.6. The second-order valence-corrected chi connectivity index (χ2v) is 10.7. The van der Waals surface area contributed by atoms with Crippen LogP contribution in [0.1, 0.15) is 43.9 Å². The number of thiophene rings is 1. The highest BCUT2D eigenvalue weighted by atomic mass is 32.1. The van der Waals surface area contributed by atoms with Crippen molar-refractivity contribution in [3.05, 3.63) is 51.9 Å². The van der Waals surface area contributed by atoms with Gasteiger partial charge in [0, 0.05) is 23.4 Å². The van der Waals surface area contributed by atoms with Crippen LogP contribution in [0.25, 0.3) is 15.9 Å². The van der Waals surface area contributed by atoms with Crippen molar-refractivity contribution in [2.75, 3.05) is 13.7 Å². The van der Waals surface area contributed by atoms with Gasteiger partial charge in [0.2, 0.25) is 0 Å². The van der Waals surface area contributed by atoms with E-state index in [0.717, 1.165) is 29.2 Å². The number of aliphatic hydroxyl groups is 1. The van der Waals surface area contributed by atoms with Crippen LogP contribution in [0.3, 0.4) is 0 Å². The largest absolute Gasteiger partial charge is 0.490 e. The van der Waals surface area contributed by atoms with Crippen molar-refractivity contribution in [3.8, 4) is 11.4 Å². The molecule has 5 heterocycles. The fourth-order valence-electron chi connectivity index (χ4n) is 5.70. The molecular formula is C25H29N3O4S. The van der Waals surface area contributed by atoms with Crippen molar-refractivity contribution in [1.82, 2.24) is 14.5 Å². The minimum atomic E-state index is -1.06. The highest BCUT2D eigenvalue weighted by Gasteiger charge is 2.43. The molecule has 1 aromatic carbocycles. The quantitative estimate of drug-likeness (QED) is 0.633. The molecule has 2 bridgehead atoms. The molecule has 33 heavy (non-hydrogen) atoms. The zero-order valence-electron chi connectivity index (χ0n) is 18.9. The van der Waals surface area contributed by atoms with E-state index in [9.17, 15) is 9.90 Å². The molecule has 2 aromatic heterocycles. The van der Waals surface area contributed by atoms with E-state index in [-0.39, 0.29) is 17.8 Å². The Hall–Kier alpha value is -2.26. The number of ether oxygens (including phenoxy) is 2. The highest BCUT2D eigenvalue weighted by molar-refractivity contribution is 7.19. The van der Waals surface area contributed by atoms with Gasteiger partial charge in [0.1, 0.15) is 28.5 Å². The molecule has 3 aliphatic heterocycles. The summed E-state index contributed by atoms with van der Waals surface area (Å²) in [6.45, 7) is 2.37. The van der Waals surface area contributed by atoms with Crippen molar-refractivity contribution in [2.24, 2.45) is 0 Å². The molecule has 0 spiro atoms. The Balaban J connectivity index is 1.24. The number of benzene rings is 1. The molecule has 0 aliphatic carbocycles. The third-order valence-corrected chi connectivity index (χ3v) is 9.14. The Kier molecular flexibility index (Phi) is 5.10. The minimum absolute atomic E-state index is 0.132. The number of piperidine rings is 1. The van der Waals surface area contributed by atoms with E-state index >= 15 is 0 Å². The molecular weight excluding hydrogens is 438 g/mol. The average Bonchev–Trinajstić information content (AvgIpc) is 3.44. The normalized spacial score (nSPS) is 32.0. The standard InChI is InChI=1S/C25H29N3O4S/c1-15-25(30,9-10-31-15)22-13-21-23(33-22)24(29)28(14-26-21)16-5-7-19(8-6-16)32-20-11-17-3-4-18(12-20)27(17)2/h5-8,13-15,17-18,20,30H,3-4,9-12H2,1-2H3/t15?,17-,18+,20+,25?. The number of aromatic nitrogens is 2. The van der Waals surface area contributed by atoms with E-state index < -0.39 is 5.60 Å². The van der Waals surface area contributed by atoms with Gasteiger partial charge in [0.15, 0.2) is 0 Å². The topological polar surface area (TPSA) is 76.8 Å². The van der Waals surface area contributed by atoms with Crippen molar-refractivity contribution < 1.29 is 14.6 Å². The zero-order chi connectivity index (χ0) is 22.7. The lowest BCUT2D eigenvalue weighted by molar-refractivity contribution is -0.0290. The molecule has 0 amide bonds. The van der Waals surface area contributed by atoms with Crippen LogP contribution in [0, 0.1) is 0 Å². The fourth-order valence-corrected chi connectivity index (χ4v) is 6.94. The monoisotopic (exact) mass is 467 g/mol. The lowest BCUT2D eigenvalue weighted by Crippen LogP contribution is -2.43. The molecule has 3 fully saturated rings. The van der Waals surface area contributed by atoms with Gasteiger partial charge in [-0.25, -0.2) is 4.98 Å². The Labute approximate surface area is 196 Å². The Bertz CT molecular complexity index is 1220. The molecule has 5 atom stereocenters. The van der Waals surface area contributed by atoms with E-state index in [0.29, 0.717) is 35.3 Å². The summed E-state index contributed by atoms with van der Waals surface area (Å²) in [4.78, 5) is 21.0. The SMILES string of the molecule is CC1OCCC1(O)c1cc2ncn(-c3ccc(O[C@H]4C[C@H]5CC[C@@H](C4)N5C)cc3)c(=O)c2s1. The van der Waals surface area contributed by atoms with E-state index in [1.165, 1.54) is 24.2 Å². The highest BCUT2D eigenvalue weighted by Crippen LogP contribution is 2.40. The van der Waals surface area contributed by atoms with Crippen LogP contribution in [-0.4, -0.2) is 57.5 Å². The summed E-state index contributed by atoms with van der Waals surface area (Å²) in [6.07, 6.45) is 6.72. The van der Waals surface area contributed by atoms with E-state index in [2.05, 4.69) is 16.9 Å². The molecule has 2 unspecified atom stereocenters. The number of rotatable bonds is 4. The molecule has 174 valence electrons. The van der Waals surface area contributed by atoms with E-state index in [1.807, 2.05) is 37.3 Å². The van der Waals surface area contributed by atoms with Crippen molar-refractivity contribution in [3.63, 3.8) is 0 Å². The molecule has 3 saturated heterocycles. The molecule has 0 saturated carbocycles. The van der Waals surface area contributed by atoms with E-state index in [1.54, 1.807) is 10.9 Å². The predicted octanol–water partition coefficient (Wildman–Crippen LogP) is 3.45. The molecule has 1 N–H and O–H groups in total. The van der Waals surface area contributed by atoms with Gasteiger partial charge in [-0.3, -0.25) is 9.36 Å². The van der Waals surface area contributed by atoms with Gasteiger partial charge < -0.3 is 19.5 Å². The molecule has 8 heteroatoms. The second-order valence-electron chi connectivity index (χ2n) is 9.69. The lowest BCUT2D eigenvalue weighted by Gasteiger charge is -2.36. The van der Waals surface area contributed by atoms with Crippen LogP contribution in [0.4, 0.5) is 0 Å². The average molecular weight is 468 g/mol. The van der Waals surface area contributed by atoms with Crippen LogP contribution in [-0.2, 0) is 10.3 Å². The Morgan fingerprint density at radius 1 is 1.21 bits per heavy atom. The Morgan fingerprint density at radius 2 is 1.94 bits per heavy atom.